The Morgan fingerprint density at radius 3 is 2.48 bits per heavy atom. The molecule has 0 aromatic heterocycles. The highest BCUT2D eigenvalue weighted by Gasteiger charge is 2.10. The number of hydrogen-bond donors (Lipinski definition) is 2. The molecule has 2 aromatic carbocycles. The van der Waals surface area contributed by atoms with Crippen LogP contribution in [0.15, 0.2) is 48.5 Å². The molecule has 2 atom stereocenters. The van der Waals surface area contributed by atoms with E-state index < -0.39 is 6.10 Å². The number of benzene rings is 2. The van der Waals surface area contributed by atoms with Gasteiger partial charge in [0.2, 0.25) is 0 Å². The average Bonchev–Trinajstić information content (AvgIpc) is 2.59. The average molecular weight is 317 g/mol. The maximum Gasteiger partial charge on any atom is 0.126 e. The van der Waals surface area contributed by atoms with E-state index in [1.165, 1.54) is 6.07 Å². The first-order valence-electron chi connectivity index (χ1n) is 7.89. The number of aliphatic hydroxyl groups excluding tert-OH is 1. The van der Waals surface area contributed by atoms with Crippen molar-refractivity contribution in [3.8, 4) is 5.75 Å². The van der Waals surface area contributed by atoms with Crippen molar-refractivity contribution in [1.29, 1.82) is 0 Å². The molecule has 0 saturated carbocycles. The summed E-state index contributed by atoms with van der Waals surface area (Å²) in [6.07, 6.45) is 0.923. The summed E-state index contributed by atoms with van der Waals surface area (Å²) in [7, 11) is 1.62. The first-order valence-corrected chi connectivity index (χ1v) is 7.89. The SMILES string of the molecule is COc1ccc(C(O)CNC(C)CCc2ccccc2F)cc1. The van der Waals surface area contributed by atoms with Gasteiger partial charge in [-0.3, -0.25) is 0 Å². The molecule has 0 saturated heterocycles. The van der Waals surface area contributed by atoms with Gasteiger partial charge in [-0.1, -0.05) is 30.3 Å². The third-order valence-electron chi connectivity index (χ3n) is 3.96. The van der Waals surface area contributed by atoms with Crippen LogP contribution in [0.5, 0.6) is 5.75 Å². The minimum absolute atomic E-state index is 0.155. The van der Waals surface area contributed by atoms with Crippen molar-refractivity contribution < 1.29 is 14.2 Å². The van der Waals surface area contributed by atoms with E-state index in [1.54, 1.807) is 13.2 Å². The second kappa shape index (κ2) is 8.65. The molecule has 0 aliphatic rings. The summed E-state index contributed by atoms with van der Waals surface area (Å²) in [5.41, 5.74) is 1.58. The van der Waals surface area contributed by atoms with Gasteiger partial charge < -0.3 is 15.2 Å². The van der Waals surface area contributed by atoms with E-state index in [2.05, 4.69) is 5.32 Å². The van der Waals surface area contributed by atoms with Crippen molar-refractivity contribution in [3.63, 3.8) is 0 Å². The fraction of sp³-hybridized carbons (Fsp3) is 0.368. The largest absolute Gasteiger partial charge is 0.497 e. The molecule has 0 spiro atoms. The number of aliphatic hydroxyl groups is 1. The summed E-state index contributed by atoms with van der Waals surface area (Å²) < 4.78 is 18.7. The van der Waals surface area contributed by atoms with E-state index in [0.717, 1.165) is 23.3 Å². The lowest BCUT2D eigenvalue weighted by Gasteiger charge is -2.18. The van der Waals surface area contributed by atoms with Crippen LogP contribution >= 0.6 is 0 Å². The predicted octanol–water partition coefficient (Wildman–Crippen LogP) is 3.48. The molecule has 0 aliphatic heterocycles. The molecule has 2 aromatic rings. The fourth-order valence-electron chi connectivity index (χ4n) is 2.43. The lowest BCUT2D eigenvalue weighted by Crippen LogP contribution is -2.30. The number of ether oxygens (including phenoxy) is 1. The van der Waals surface area contributed by atoms with Crippen molar-refractivity contribution in [1.82, 2.24) is 5.32 Å². The van der Waals surface area contributed by atoms with E-state index in [9.17, 15) is 9.50 Å². The van der Waals surface area contributed by atoms with Crippen LogP contribution in [0.1, 0.15) is 30.6 Å². The Balaban J connectivity index is 1.77. The van der Waals surface area contributed by atoms with E-state index in [-0.39, 0.29) is 11.9 Å². The van der Waals surface area contributed by atoms with Gasteiger partial charge in [-0.15, -0.1) is 0 Å². The number of rotatable bonds is 8. The molecule has 0 radical (unpaired) electrons. The van der Waals surface area contributed by atoms with Crippen molar-refractivity contribution in [3.05, 3.63) is 65.5 Å². The minimum Gasteiger partial charge on any atom is -0.497 e. The maximum atomic E-state index is 13.6. The van der Waals surface area contributed by atoms with Crippen LogP contribution in [-0.2, 0) is 6.42 Å². The van der Waals surface area contributed by atoms with Gasteiger partial charge in [0.25, 0.3) is 0 Å². The highest BCUT2D eigenvalue weighted by atomic mass is 19.1. The van der Waals surface area contributed by atoms with Gasteiger partial charge >= 0.3 is 0 Å². The molecule has 0 amide bonds. The summed E-state index contributed by atoms with van der Waals surface area (Å²) in [5, 5.41) is 13.5. The Morgan fingerprint density at radius 2 is 1.83 bits per heavy atom. The van der Waals surface area contributed by atoms with Crippen LogP contribution in [0, 0.1) is 5.82 Å². The third kappa shape index (κ3) is 5.34. The van der Waals surface area contributed by atoms with E-state index in [0.29, 0.717) is 13.0 Å². The smallest absolute Gasteiger partial charge is 0.126 e. The molecule has 4 heteroatoms. The highest BCUT2D eigenvalue weighted by Crippen LogP contribution is 2.17. The molecule has 0 aliphatic carbocycles. The van der Waals surface area contributed by atoms with Gasteiger partial charge in [0.05, 0.1) is 13.2 Å². The lowest BCUT2D eigenvalue weighted by molar-refractivity contribution is 0.170. The van der Waals surface area contributed by atoms with Gasteiger partial charge in [0.1, 0.15) is 11.6 Å². The Bertz CT molecular complexity index is 601. The second-order valence-corrected chi connectivity index (χ2v) is 5.73. The maximum absolute atomic E-state index is 13.6. The number of halogens is 1. The Labute approximate surface area is 137 Å². The number of hydrogen-bond acceptors (Lipinski definition) is 3. The molecular weight excluding hydrogens is 293 g/mol. The zero-order chi connectivity index (χ0) is 16.7. The van der Waals surface area contributed by atoms with E-state index >= 15 is 0 Å². The standard InChI is InChI=1S/C19H24FNO2/c1-14(7-8-15-5-3-4-6-18(15)20)21-13-19(22)16-9-11-17(23-2)12-10-16/h3-6,9-12,14,19,21-22H,7-8,13H2,1-2H3. The van der Waals surface area contributed by atoms with Gasteiger partial charge in [-0.05, 0) is 49.1 Å². The Hall–Kier alpha value is -1.91. The summed E-state index contributed by atoms with van der Waals surface area (Å²) in [6, 6.07) is 14.4. The van der Waals surface area contributed by atoms with Crippen LogP contribution < -0.4 is 10.1 Å². The van der Waals surface area contributed by atoms with Gasteiger partial charge in [-0.2, -0.15) is 0 Å². The zero-order valence-corrected chi connectivity index (χ0v) is 13.6. The zero-order valence-electron chi connectivity index (χ0n) is 13.6. The predicted molar refractivity (Wildman–Crippen MR) is 90.1 cm³/mol. The molecule has 3 nitrogen and oxygen atoms in total. The van der Waals surface area contributed by atoms with Crippen LogP contribution in [-0.4, -0.2) is 24.8 Å². The molecule has 2 unspecified atom stereocenters. The topological polar surface area (TPSA) is 41.5 Å². The van der Waals surface area contributed by atoms with Crippen LogP contribution in [0.4, 0.5) is 4.39 Å². The quantitative estimate of drug-likeness (QED) is 0.783. The van der Waals surface area contributed by atoms with Crippen molar-refractivity contribution in [2.45, 2.75) is 31.9 Å². The summed E-state index contributed by atoms with van der Waals surface area (Å²) in [6.45, 7) is 2.51. The monoisotopic (exact) mass is 317 g/mol. The number of methoxy groups -OCH3 is 1. The molecule has 23 heavy (non-hydrogen) atoms. The molecule has 2 rings (SSSR count). The van der Waals surface area contributed by atoms with Crippen molar-refractivity contribution in [2.24, 2.45) is 0 Å². The molecule has 0 fully saturated rings. The fourth-order valence-corrected chi connectivity index (χ4v) is 2.43. The first-order chi connectivity index (χ1) is 11.1. The molecule has 2 N–H and O–H groups in total. The normalized spacial score (nSPS) is 13.6. The van der Waals surface area contributed by atoms with Crippen molar-refractivity contribution >= 4 is 0 Å². The third-order valence-corrected chi connectivity index (χ3v) is 3.96. The molecule has 0 heterocycles. The Kier molecular flexibility index (Phi) is 6.56. The summed E-state index contributed by atoms with van der Waals surface area (Å²) in [4.78, 5) is 0. The van der Waals surface area contributed by atoms with Gasteiger partial charge in [0, 0.05) is 12.6 Å². The highest BCUT2D eigenvalue weighted by molar-refractivity contribution is 5.28. The summed E-state index contributed by atoms with van der Waals surface area (Å²) in [5.74, 6) is 0.616. The summed E-state index contributed by atoms with van der Waals surface area (Å²) >= 11 is 0. The molecular formula is C19H24FNO2. The van der Waals surface area contributed by atoms with Crippen LogP contribution in [0.2, 0.25) is 0 Å². The number of aryl methyl sites for hydroxylation is 1. The molecule has 0 bridgehead atoms. The molecule has 124 valence electrons. The Morgan fingerprint density at radius 1 is 1.13 bits per heavy atom. The first kappa shape index (κ1) is 17.4. The van der Waals surface area contributed by atoms with Gasteiger partial charge in [0.15, 0.2) is 0 Å². The van der Waals surface area contributed by atoms with E-state index in [1.807, 2.05) is 43.3 Å². The second-order valence-electron chi connectivity index (χ2n) is 5.73. The minimum atomic E-state index is -0.572. The van der Waals surface area contributed by atoms with E-state index in [4.69, 9.17) is 4.74 Å². The van der Waals surface area contributed by atoms with Crippen LogP contribution in [0.3, 0.4) is 0 Å². The van der Waals surface area contributed by atoms with Gasteiger partial charge in [-0.25, -0.2) is 4.39 Å². The van der Waals surface area contributed by atoms with Crippen molar-refractivity contribution in [2.75, 3.05) is 13.7 Å². The lowest BCUT2D eigenvalue weighted by atomic mass is 10.0. The van der Waals surface area contributed by atoms with Crippen LogP contribution in [0.25, 0.3) is 0 Å². The number of nitrogens with one attached hydrogen (secondary N) is 1.